The molecule has 37 heavy (non-hydrogen) atoms. The number of hydrogen-bond donors (Lipinski definition) is 1. The lowest BCUT2D eigenvalue weighted by Crippen LogP contribution is -2.41. The maximum absolute atomic E-state index is 13.6. The van der Waals surface area contributed by atoms with Gasteiger partial charge in [0.05, 0.1) is 6.61 Å². The second-order valence-electron chi connectivity index (χ2n) is 12.1. The molecule has 5 rings (SSSR count). The zero-order valence-electron chi connectivity index (χ0n) is 22.5. The predicted octanol–water partition coefficient (Wildman–Crippen LogP) is 6.98. The van der Waals surface area contributed by atoms with Crippen LogP contribution in [0.4, 0.5) is 4.79 Å². The van der Waals surface area contributed by atoms with Crippen LogP contribution < -0.4 is 4.74 Å². The first-order valence-corrected chi connectivity index (χ1v) is 14.1. The maximum Gasteiger partial charge on any atom is 0.410 e. The number of ether oxygens (including phenoxy) is 2. The number of likely N-dealkylation sites (tertiary alicyclic amines) is 1. The van der Waals surface area contributed by atoms with Gasteiger partial charge in [-0.3, -0.25) is 4.79 Å². The zero-order chi connectivity index (χ0) is 26.5. The third-order valence-electron chi connectivity index (χ3n) is 7.87. The Hall–Kier alpha value is -2.54. The highest BCUT2D eigenvalue weighted by atomic mass is 79.9. The number of carbonyl (C=O) groups is 2. The summed E-state index contributed by atoms with van der Waals surface area (Å²) < 4.78 is 12.8. The molecule has 0 saturated carbocycles. The number of rotatable bonds is 4. The Balaban J connectivity index is 1.22. The molecule has 1 aliphatic heterocycles. The lowest BCUT2D eigenvalue weighted by atomic mass is 9.70. The Bertz CT molecular complexity index is 1260. The van der Waals surface area contributed by atoms with Gasteiger partial charge in [0.15, 0.2) is 5.78 Å². The van der Waals surface area contributed by atoms with Crippen LogP contribution in [0.1, 0.15) is 98.7 Å². The van der Waals surface area contributed by atoms with E-state index >= 15 is 0 Å². The van der Waals surface area contributed by atoms with E-state index in [9.17, 15) is 9.59 Å². The Labute approximate surface area is 227 Å². The Kier molecular flexibility index (Phi) is 6.80. The van der Waals surface area contributed by atoms with Crippen molar-refractivity contribution in [1.29, 1.82) is 0 Å². The van der Waals surface area contributed by atoms with Gasteiger partial charge in [0, 0.05) is 41.0 Å². The number of benzene rings is 1. The molecule has 2 aromatic rings. The first kappa shape index (κ1) is 26.1. The van der Waals surface area contributed by atoms with Gasteiger partial charge in [-0.15, -0.1) is 0 Å². The minimum atomic E-state index is -0.466. The summed E-state index contributed by atoms with van der Waals surface area (Å²) in [4.78, 5) is 31.3. The van der Waals surface area contributed by atoms with E-state index in [4.69, 9.17) is 9.47 Å². The van der Waals surface area contributed by atoms with E-state index in [2.05, 4.69) is 40.8 Å². The number of aromatic nitrogens is 1. The van der Waals surface area contributed by atoms with Gasteiger partial charge < -0.3 is 19.4 Å². The van der Waals surface area contributed by atoms with Crippen molar-refractivity contribution >= 4 is 33.9 Å². The highest BCUT2D eigenvalue weighted by Gasteiger charge is 2.41. The van der Waals surface area contributed by atoms with Gasteiger partial charge in [0.2, 0.25) is 0 Å². The number of fused-ring (bicyclic) bond motifs is 4. The van der Waals surface area contributed by atoms with E-state index in [-0.39, 0.29) is 17.3 Å². The molecule has 0 radical (unpaired) electrons. The molecule has 198 valence electrons. The summed E-state index contributed by atoms with van der Waals surface area (Å²) >= 11 is 3.62. The fourth-order valence-corrected chi connectivity index (χ4v) is 6.23. The number of allylic oxidation sites excluding steroid dienone is 1. The summed E-state index contributed by atoms with van der Waals surface area (Å²) in [5.74, 6) is 1.43. The molecule has 2 aliphatic carbocycles. The smallest absolute Gasteiger partial charge is 0.410 e. The van der Waals surface area contributed by atoms with Crippen LogP contribution >= 0.6 is 15.9 Å². The van der Waals surface area contributed by atoms with Crippen LogP contribution in [-0.2, 0) is 16.6 Å². The van der Waals surface area contributed by atoms with Crippen molar-refractivity contribution in [3.8, 4) is 5.75 Å². The van der Waals surface area contributed by atoms with Crippen molar-refractivity contribution in [2.45, 2.75) is 77.7 Å². The van der Waals surface area contributed by atoms with E-state index in [1.54, 1.807) is 0 Å². The molecule has 1 N–H and O–H groups in total. The molecule has 6 nitrogen and oxygen atoms in total. The fraction of sp³-hybridized carbons (Fsp3) is 0.533. The topological polar surface area (TPSA) is 71.6 Å². The minimum absolute atomic E-state index is 0.108. The summed E-state index contributed by atoms with van der Waals surface area (Å²) in [6.07, 6.45) is 6.53. The zero-order valence-corrected chi connectivity index (χ0v) is 24.1. The first-order chi connectivity index (χ1) is 17.4. The van der Waals surface area contributed by atoms with Gasteiger partial charge in [-0.1, -0.05) is 29.8 Å². The molecule has 7 heteroatoms. The second-order valence-corrected chi connectivity index (χ2v) is 13.1. The fourth-order valence-electron chi connectivity index (χ4n) is 5.81. The summed E-state index contributed by atoms with van der Waals surface area (Å²) in [5, 5.41) is 0. The quantitative estimate of drug-likeness (QED) is 0.431. The van der Waals surface area contributed by atoms with Crippen LogP contribution in [0.15, 0.2) is 22.7 Å². The van der Waals surface area contributed by atoms with Crippen LogP contribution in [0.5, 0.6) is 5.75 Å². The van der Waals surface area contributed by atoms with Crippen LogP contribution in [0, 0.1) is 5.92 Å². The van der Waals surface area contributed by atoms with Crippen LogP contribution in [0.3, 0.4) is 0 Å². The van der Waals surface area contributed by atoms with Crippen molar-refractivity contribution in [2.75, 3.05) is 19.7 Å². The predicted molar refractivity (Wildman–Crippen MR) is 149 cm³/mol. The largest absolute Gasteiger partial charge is 0.494 e. The number of H-pyrrole nitrogens is 1. The number of ketones is 1. The van der Waals surface area contributed by atoms with E-state index in [1.165, 1.54) is 0 Å². The number of piperidine rings is 1. The summed E-state index contributed by atoms with van der Waals surface area (Å²) in [7, 11) is 0. The molecule has 1 amide bonds. The maximum atomic E-state index is 13.6. The van der Waals surface area contributed by atoms with Crippen LogP contribution in [-0.4, -0.2) is 47.1 Å². The molecule has 0 atom stereocenters. The lowest BCUT2D eigenvalue weighted by molar-refractivity contribution is 0.0177. The molecule has 1 saturated heterocycles. The number of carbonyl (C=O) groups excluding carboxylic acids is 2. The molecule has 0 spiro atoms. The van der Waals surface area contributed by atoms with Gasteiger partial charge in [0.1, 0.15) is 11.4 Å². The minimum Gasteiger partial charge on any atom is -0.494 e. The first-order valence-electron chi connectivity index (χ1n) is 13.4. The Morgan fingerprint density at radius 3 is 2.62 bits per heavy atom. The third-order valence-corrected chi connectivity index (χ3v) is 8.50. The molecule has 0 bridgehead atoms. The third kappa shape index (κ3) is 5.12. The number of hydrogen-bond acceptors (Lipinski definition) is 4. The SMILES string of the molecule is CC(C)(C)OC(=O)N1CCC(CCOc2ccc3c(c2)C(C)(C)c2[nH]c4c(c2C3=O)CCC(Br)=C4)CC1. The van der Waals surface area contributed by atoms with Gasteiger partial charge in [-0.05, 0) is 98.7 Å². The molecular formula is C30H37BrN2O4. The van der Waals surface area contributed by atoms with Crippen LogP contribution in [0.25, 0.3) is 6.08 Å². The molecule has 3 aliphatic rings. The van der Waals surface area contributed by atoms with E-state index in [1.807, 2.05) is 43.9 Å². The van der Waals surface area contributed by atoms with Crippen molar-refractivity contribution in [2.24, 2.45) is 5.92 Å². The number of nitrogens with zero attached hydrogens (tertiary/aromatic N) is 1. The number of aromatic amines is 1. The van der Waals surface area contributed by atoms with Crippen molar-refractivity contribution in [1.82, 2.24) is 9.88 Å². The van der Waals surface area contributed by atoms with Gasteiger partial charge in [-0.2, -0.15) is 0 Å². The van der Waals surface area contributed by atoms with Crippen molar-refractivity contribution in [3.63, 3.8) is 0 Å². The number of halogens is 1. The second kappa shape index (κ2) is 9.64. The number of amides is 1. The molecule has 1 fully saturated rings. The van der Waals surface area contributed by atoms with Crippen molar-refractivity contribution < 1.29 is 19.1 Å². The van der Waals surface area contributed by atoms with E-state index in [0.717, 1.165) is 89.1 Å². The normalized spacial score (nSPS) is 19.0. The van der Waals surface area contributed by atoms with Gasteiger partial charge >= 0.3 is 6.09 Å². The summed E-state index contributed by atoms with van der Waals surface area (Å²) in [6.45, 7) is 12.1. The monoisotopic (exact) mass is 568 g/mol. The highest BCUT2D eigenvalue weighted by molar-refractivity contribution is 9.11. The molecule has 1 aromatic carbocycles. The molecule has 0 unspecified atom stereocenters. The van der Waals surface area contributed by atoms with Crippen molar-refractivity contribution in [3.05, 3.63) is 56.3 Å². The number of nitrogens with one attached hydrogen (secondary N) is 1. The van der Waals surface area contributed by atoms with Gasteiger partial charge in [-0.25, -0.2) is 4.79 Å². The standard InChI is InChI=1S/C30H37BrN2O4/c1-29(2,3)37-28(35)33-13-10-18(11-14-33)12-15-36-20-7-9-21-23(17-20)30(4,5)27-25(26(21)34)22-8-6-19(31)16-24(22)32-27/h7,9,16-18,32H,6,8,10-15H2,1-5H3. The van der Waals surface area contributed by atoms with Crippen LogP contribution in [0.2, 0.25) is 0 Å². The molecule has 2 heterocycles. The lowest BCUT2D eigenvalue weighted by Gasteiger charge is -2.33. The average molecular weight is 570 g/mol. The molecular weight excluding hydrogens is 532 g/mol. The summed E-state index contributed by atoms with van der Waals surface area (Å²) in [5.41, 5.74) is 5.03. The van der Waals surface area contributed by atoms with E-state index < -0.39 is 5.60 Å². The van der Waals surface area contributed by atoms with E-state index in [0.29, 0.717) is 12.5 Å². The van der Waals surface area contributed by atoms with Gasteiger partial charge in [0.25, 0.3) is 0 Å². The molecule has 1 aromatic heterocycles. The Morgan fingerprint density at radius 2 is 1.92 bits per heavy atom. The Morgan fingerprint density at radius 1 is 1.19 bits per heavy atom. The summed E-state index contributed by atoms with van der Waals surface area (Å²) in [6, 6.07) is 5.91. The highest BCUT2D eigenvalue weighted by Crippen LogP contribution is 2.45. The average Bonchev–Trinajstić information content (AvgIpc) is 3.22.